The van der Waals surface area contributed by atoms with E-state index in [1.165, 1.54) is 24.2 Å². The molecule has 1 heterocycles. The number of carbonyl (C=O) groups is 2. The van der Waals surface area contributed by atoms with Gasteiger partial charge in [0, 0.05) is 18.7 Å². The molecule has 0 aliphatic heterocycles. The van der Waals surface area contributed by atoms with Crippen molar-refractivity contribution in [3.8, 4) is 5.75 Å². The number of amides is 2. The summed E-state index contributed by atoms with van der Waals surface area (Å²) in [5.41, 5.74) is 0.761. The van der Waals surface area contributed by atoms with Gasteiger partial charge >= 0.3 is 0 Å². The van der Waals surface area contributed by atoms with Gasteiger partial charge in [0.25, 0.3) is 5.91 Å². The Labute approximate surface area is 157 Å². The first kappa shape index (κ1) is 18.5. The number of benzene rings is 1. The number of thiophene rings is 1. The molecule has 0 unspecified atom stereocenters. The molecule has 2 amide bonds. The van der Waals surface area contributed by atoms with Crippen molar-refractivity contribution < 1.29 is 14.3 Å². The quantitative estimate of drug-likeness (QED) is 0.682. The molecule has 0 bridgehead atoms. The number of hydrogen-bond donors (Lipinski definition) is 2. The Morgan fingerprint density at radius 3 is 2.58 bits per heavy atom. The molecule has 0 saturated heterocycles. The lowest BCUT2D eigenvalue weighted by Gasteiger charge is -2.13. The fourth-order valence-electron chi connectivity index (χ4n) is 2.98. The molecule has 6 heteroatoms. The van der Waals surface area contributed by atoms with Gasteiger partial charge in [-0.05, 0) is 67.8 Å². The highest BCUT2D eigenvalue weighted by molar-refractivity contribution is 7.12. The molecule has 1 aliphatic rings. The summed E-state index contributed by atoms with van der Waals surface area (Å²) in [7, 11) is 0. The summed E-state index contributed by atoms with van der Waals surface area (Å²) in [5.74, 6) is 0.712. The summed E-state index contributed by atoms with van der Waals surface area (Å²) in [5, 5.41) is 7.56. The van der Waals surface area contributed by atoms with E-state index in [1.807, 2.05) is 35.7 Å². The molecule has 0 spiro atoms. The van der Waals surface area contributed by atoms with Crippen molar-refractivity contribution in [2.24, 2.45) is 0 Å². The van der Waals surface area contributed by atoms with Gasteiger partial charge in [0.05, 0.1) is 11.0 Å². The molecule has 2 N–H and O–H groups in total. The lowest BCUT2D eigenvalue weighted by Crippen LogP contribution is -2.24. The van der Waals surface area contributed by atoms with Gasteiger partial charge in [0.15, 0.2) is 0 Å². The number of hydrogen-bond acceptors (Lipinski definition) is 4. The van der Waals surface area contributed by atoms with E-state index in [4.69, 9.17) is 4.74 Å². The first-order valence-electron chi connectivity index (χ1n) is 9.09. The van der Waals surface area contributed by atoms with Gasteiger partial charge in [-0.25, -0.2) is 0 Å². The van der Waals surface area contributed by atoms with Crippen LogP contribution >= 0.6 is 11.3 Å². The Balaban J connectivity index is 1.34. The highest BCUT2D eigenvalue weighted by atomic mass is 32.1. The van der Waals surface area contributed by atoms with Crippen molar-refractivity contribution in [2.45, 2.75) is 44.6 Å². The van der Waals surface area contributed by atoms with Crippen LogP contribution in [0, 0.1) is 0 Å². The Bertz CT molecular complexity index is 707. The van der Waals surface area contributed by atoms with Crippen LogP contribution in [-0.2, 0) is 4.79 Å². The molecule has 138 valence electrons. The molecule has 1 fully saturated rings. The van der Waals surface area contributed by atoms with E-state index in [2.05, 4.69) is 10.6 Å². The molecular weight excluding hydrogens is 348 g/mol. The van der Waals surface area contributed by atoms with E-state index in [1.54, 1.807) is 6.07 Å². The van der Waals surface area contributed by atoms with Gasteiger partial charge in [0.2, 0.25) is 5.91 Å². The molecule has 1 aliphatic carbocycles. The summed E-state index contributed by atoms with van der Waals surface area (Å²) in [4.78, 5) is 24.5. The third kappa shape index (κ3) is 5.59. The second-order valence-corrected chi connectivity index (χ2v) is 7.38. The van der Waals surface area contributed by atoms with Gasteiger partial charge in [0.1, 0.15) is 5.75 Å². The monoisotopic (exact) mass is 372 g/mol. The predicted octanol–water partition coefficient (Wildman–Crippen LogP) is 4.22. The SMILES string of the molecule is O=C(CCCNC(=O)c1cccs1)Nc1ccc(OC2CCCC2)cc1. The normalized spacial score (nSPS) is 14.2. The van der Waals surface area contributed by atoms with E-state index >= 15 is 0 Å². The minimum atomic E-state index is -0.0849. The van der Waals surface area contributed by atoms with Crippen molar-refractivity contribution >= 4 is 28.8 Å². The van der Waals surface area contributed by atoms with Crippen LogP contribution in [0.15, 0.2) is 41.8 Å². The maximum Gasteiger partial charge on any atom is 0.261 e. The molecule has 2 aromatic rings. The van der Waals surface area contributed by atoms with Gasteiger partial charge in [-0.1, -0.05) is 6.07 Å². The second-order valence-electron chi connectivity index (χ2n) is 6.43. The third-order valence-corrected chi connectivity index (χ3v) is 5.22. The molecule has 1 aromatic heterocycles. The molecule has 5 nitrogen and oxygen atoms in total. The molecule has 0 radical (unpaired) electrons. The van der Waals surface area contributed by atoms with E-state index in [-0.39, 0.29) is 11.8 Å². The summed E-state index contributed by atoms with van der Waals surface area (Å²) in [6.07, 6.45) is 6.04. The van der Waals surface area contributed by atoms with E-state index < -0.39 is 0 Å². The molecule has 3 rings (SSSR count). The zero-order chi connectivity index (χ0) is 18.2. The van der Waals surface area contributed by atoms with Crippen LogP contribution in [0.2, 0.25) is 0 Å². The van der Waals surface area contributed by atoms with Crippen LogP contribution in [0.1, 0.15) is 48.2 Å². The smallest absolute Gasteiger partial charge is 0.261 e. The van der Waals surface area contributed by atoms with Crippen LogP contribution in [0.4, 0.5) is 5.69 Å². The summed E-state index contributed by atoms with van der Waals surface area (Å²) in [6.45, 7) is 0.484. The first-order chi connectivity index (χ1) is 12.7. The molecule has 0 atom stereocenters. The van der Waals surface area contributed by atoms with Crippen molar-refractivity contribution in [3.63, 3.8) is 0 Å². The van der Waals surface area contributed by atoms with E-state index in [0.29, 0.717) is 30.4 Å². The van der Waals surface area contributed by atoms with Gasteiger partial charge in [-0.3, -0.25) is 9.59 Å². The highest BCUT2D eigenvalue weighted by Crippen LogP contribution is 2.25. The predicted molar refractivity (Wildman–Crippen MR) is 104 cm³/mol. The van der Waals surface area contributed by atoms with Crippen molar-refractivity contribution in [1.29, 1.82) is 0 Å². The molecule has 1 saturated carbocycles. The third-order valence-electron chi connectivity index (χ3n) is 4.35. The Kier molecular flexibility index (Phi) is 6.66. The maximum atomic E-state index is 12.0. The number of carbonyl (C=O) groups excluding carboxylic acids is 2. The number of nitrogens with one attached hydrogen (secondary N) is 2. The van der Waals surface area contributed by atoms with Crippen molar-refractivity contribution in [3.05, 3.63) is 46.7 Å². The lowest BCUT2D eigenvalue weighted by molar-refractivity contribution is -0.116. The van der Waals surface area contributed by atoms with Crippen LogP contribution in [0.5, 0.6) is 5.75 Å². The Morgan fingerprint density at radius 1 is 1.12 bits per heavy atom. The Morgan fingerprint density at radius 2 is 1.88 bits per heavy atom. The standard InChI is InChI=1S/C20H24N2O3S/c23-19(8-3-13-21-20(24)18-7-4-14-26-18)22-15-9-11-17(12-10-15)25-16-5-1-2-6-16/h4,7,9-12,14,16H,1-3,5-6,8,13H2,(H,21,24)(H,22,23). The van der Waals surface area contributed by atoms with Crippen LogP contribution in [0.25, 0.3) is 0 Å². The number of rotatable bonds is 8. The van der Waals surface area contributed by atoms with Crippen molar-refractivity contribution in [2.75, 3.05) is 11.9 Å². The van der Waals surface area contributed by atoms with Gasteiger partial charge in [-0.2, -0.15) is 0 Å². The number of anilines is 1. The number of ether oxygens (including phenoxy) is 1. The summed E-state index contributed by atoms with van der Waals surface area (Å²) < 4.78 is 5.92. The van der Waals surface area contributed by atoms with Crippen molar-refractivity contribution in [1.82, 2.24) is 5.32 Å². The lowest BCUT2D eigenvalue weighted by atomic mass is 10.2. The molecule has 1 aromatic carbocycles. The Hall–Kier alpha value is -2.34. The van der Waals surface area contributed by atoms with Gasteiger partial charge in [-0.15, -0.1) is 11.3 Å². The largest absolute Gasteiger partial charge is 0.490 e. The maximum absolute atomic E-state index is 12.0. The highest BCUT2D eigenvalue weighted by Gasteiger charge is 2.16. The minimum absolute atomic E-state index is 0.0557. The average molecular weight is 372 g/mol. The zero-order valence-electron chi connectivity index (χ0n) is 14.7. The molecular formula is C20H24N2O3S. The van der Waals surface area contributed by atoms with Crippen LogP contribution in [-0.4, -0.2) is 24.5 Å². The van der Waals surface area contributed by atoms with Crippen LogP contribution < -0.4 is 15.4 Å². The molecule has 26 heavy (non-hydrogen) atoms. The first-order valence-corrected chi connectivity index (χ1v) is 9.97. The fourth-order valence-corrected chi connectivity index (χ4v) is 3.62. The summed E-state index contributed by atoms with van der Waals surface area (Å²) >= 11 is 1.41. The fraction of sp³-hybridized carbons (Fsp3) is 0.400. The topological polar surface area (TPSA) is 67.4 Å². The van der Waals surface area contributed by atoms with E-state index in [9.17, 15) is 9.59 Å². The second kappa shape index (κ2) is 9.38. The zero-order valence-corrected chi connectivity index (χ0v) is 15.5. The summed E-state index contributed by atoms with van der Waals surface area (Å²) in [6, 6.07) is 11.1. The van der Waals surface area contributed by atoms with E-state index in [0.717, 1.165) is 24.3 Å². The van der Waals surface area contributed by atoms with Gasteiger partial charge < -0.3 is 15.4 Å². The minimum Gasteiger partial charge on any atom is -0.490 e. The van der Waals surface area contributed by atoms with Crippen LogP contribution in [0.3, 0.4) is 0 Å². The average Bonchev–Trinajstić information content (AvgIpc) is 3.34.